The molecule has 2 heterocycles. The van der Waals surface area contributed by atoms with Gasteiger partial charge in [0.25, 0.3) is 0 Å². The number of pyridine rings is 2. The quantitative estimate of drug-likeness (QED) is 0.0680. The zero-order valence-corrected chi connectivity index (χ0v) is 35.6. The summed E-state index contributed by atoms with van der Waals surface area (Å²) in [6.45, 7) is 21.3. The second kappa shape index (κ2) is 15.4. The molecule has 5 heteroatoms. The van der Waals surface area contributed by atoms with Crippen molar-refractivity contribution in [1.82, 2.24) is 9.97 Å². The number of aromatic nitrogens is 2. The molecule has 1 N–H and O–H groups in total. The summed E-state index contributed by atoms with van der Waals surface area (Å²) >= 11 is 0. The Kier molecular flexibility index (Phi) is 11.7. The Hall–Kier alpha value is -3.92. The number of aliphatic hydroxyl groups excluding tert-OH is 1. The monoisotopic (exact) mass is 884 g/mol. The summed E-state index contributed by atoms with van der Waals surface area (Å²) in [6, 6.07) is 28.1. The zero-order chi connectivity index (χ0) is 37.6. The summed E-state index contributed by atoms with van der Waals surface area (Å²) < 4.78 is 0. The third-order valence-electron chi connectivity index (χ3n) is 12.3. The average molecular weight is 884 g/mol. The molecule has 0 saturated heterocycles. The fourth-order valence-corrected chi connectivity index (χ4v) is 7.72. The van der Waals surface area contributed by atoms with Crippen molar-refractivity contribution >= 4 is 49.0 Å². The van der Waals surface area contributed by atoms with E-state index in [0.29, 0.717) is 5.92 Å². The molecule has 0 atom stereocenters. The van der Waals surface area contributed by atoms with E-state index in [1.165, 1.54) is 49.5 Å². The predicted molar refractivity (Wildman–Crippen MR) is 220 cm³/mol. The normalized spacial score (nSPS) is 13.9. The first-order valence-corrected chi connectivity index (χ1v) is 19.3. The number of para-hydroxylation sites is 1. The Balaban J connectivity index is 0.000000259. The van der Waals surface area contributed by atoms with Crippen LogP contribution in [-0.2, 0) is 36.7 Å². The molecular formula is C48H55IrN2O2-. The van der Waals surface area contributed by atoms with E-state index in [0.717, 1.165) is 60.0 Å². The van der Waals surface area contributed by atoms with Gasteiger partial charge in [0.2, 0.25) is 0 Å². The first kappa shape index (κ1) is 40.3. The van der Waals surface area contributed by atoms with E-state index in [9.17, 15) is 9.90 Å². The summed E-state index contributed by atoms with van der Waals surface area (Å²) in [5, 5.41) is 18.9. The average Bonchev–Trinajstić information content (AvgIpc) is 3.15. The van der Waals surface area contributed by atoms with E-state index in [-0.39, 0.29) is 47.9 Å². The minimum Gasteiger partial charge on any atom is -0.512 e. The van der Waals surface area contributed by atoms with Gasteiger partial charge in [-0.05, 0) is 98.7 Å². The first-order valence-electron chi connectivity index (χ1n) is 19.3. The number of benzene rings is 4. The minimum absolute atomic E-state index is 0. The van der Waals surface area contributed by atoms with Gasteiger partial charge in [-0.2, -0.15) is 0 Å². The van der Waals surface area contributed by atoms with Gasteiger partial charge in [0.15, 0.2) is 5.78 Å². The molecule has 0 saturated carbocycles. The van der Waals surface area contributed by atoms with Crippen LogP contribution < -0.4 is 0 Å². The van der Waals surface area contributed by atoms with Gasteiger partial charge in [0, 0.05) is 54.3 Å². The fraction of sp³-hybridized carbons (Fsp3) is 0.396. The van der Waals surface area contributed by atoms with Crippen LogP contribution >= 0.6 is 0 Å². The van der Waals surface area contributed by atoms with Crippen LogP contribution in [0.3, 0.4) is 0 Å². The molecule has 4 aromatic carbocycles. The number of rotatable bonds is 9. The van der Waals surface area contributed by atoms with Crippen molar-refractivity contribution in [3.63, 3.8) is 0 Å². The van der Waals surface area contributed by atoms with E-state index in [4.69, 9.17) is 9.97 Å². The van der Waals surface area contributed by atoms with Crippen molar-refractivity contribution in [2.45, 2.75) is 107 Å². The molecule has 0 fully saturated rings. The molecule has 0 spiro atoms. The van der Waals surface area contributed by atoms with Crippen LogP contribution in [0.25, 0.3) is 54.5 Å². The van der Waals surface area contributed by atoms with Gasteiger partial charge in [-0.1, -0.05) is 135 Å². The third kappa shape index (κ3) is 7.20. The SMILES string of the molecule is CC(C)Cc1ccc2ccc3c4ccnc5c4c(cc3c2c1)C(C)(C)c1nc2ccccc2[c-]c1-5.CCC(C)(CC)C(=O)/C=C(\O)C(C)(CC)CC.[Ir]. The largest absolute Gasteiger partial charge is 0.512 e. The van der Waals surface area contributed by atoms with Gasteiger partial charge in [-0.3, -0.25) is 9.78 Å². The summed E-state index contributed by atoms with van der Waals surface area (Å²) in [6.07, 6.45) is 7.79. The molecule has 0 aliphatic heterocycles. The molecule has 4 nitrogen and oxygen atoms in total. The van der Waals surface area contributed by atoms with Crippen LogP contribution in [0.4, 0.5) is 0 Å². The Labute approximate surface area is 329 Å². The second-order valence-electron chi connectivity index (χ2n) is 16.4. The first-order chi connectivity index (χ1) is 24.7. The molecule has 0 bridgehead atoms. The summed E-state index contributed by atoms with van der Waals surface area (Å²) in [7, 11) is 0. The van der Waals surface area contributed by atoms with Crippen LogP contribution in [0, 0.1) is 22.8 Å². The van der Waals surface area contributed by atoms with Crippen LogP contribution in [0.5, 0.6) is 0 Å². The molecule has 0 amide bonds. The number of carbonyl (C=O) groups is 1. The van der Waals surface area contributed by atoms with Crippen molar-refractivity contribution in [3.05, 3.63) is 108 Å². The van der Waals surface area contributed by atoms with Gasteiger partial charge >= 0.3 is 0 Å². The van der Waals surface area contributed by atoms with E-state index in [1.54, 1.807) is 0 Å². The molecule has 279 valence electrons. The number of allylic oxidation sites excluding steroid dienone is 2. The maximum Gasteiger partial charge on any atom is 0.164 e. The molecule has 1 aliphatic rings. The zero-order valence-electron chi connectivity index (χ0n) is 33.2. The Morgan fingerprint density at radius 1 is 0.849 bits per heavy atom. The van der Waals surface area contributed by atoms with Gasteiger partial charge < -0.3 is 10.1 Å². The summed E-state index contributed by atoms with van der Waals surface area (Å²) in [5.41, 5.74) is 5.91. The number of fused-ring (bicyclic) bond motifs is 7. The topological polar surface area (TPSA) is 63.1 Å². The van der Waals surface area contributed by atoms with Crippen LogP contribution in [0.15, 0.2) is 84.8 Å². The minimum atomic E-state index is -0.337. The van der Waals surface area contributed by atoms with Crippen molar-refractivity contribution in [3.8, 4) is 11.3 Å². The van der Waals surface area contributed by atoms with Gasteiger partial charge in [0.05, 0.1) is 0 Å². The smallest absolute Gasteiger partial charge is 0.164 e. The molecule has 6 aromatic rings. The standard InChI is InChI=1S/C33H27N2.C15H28O2.Ir/c1-19(2)15-20-9-10-21-11-12-23-24-13-14-34-31-27-17-22-7-5-6-8-29(22)35-32(27)33(3,4)28(30(24)31)18-26(23)25(21)16-20;1-7-14(5,8-2)12(16)11-13(17)15(6,9-3)10-4;/h5-14,16,18-19H,15H2,1-4H3;11,16H,7-10H2,1-6H3;/q-1;;/b;12-11-;. The Bertz CT molecular complexity index is 2340. The fourth-order valence-electron chi connectivity index (χ4n) is 7.72. The Morgan fingerprint density at radius 3 is 2.17 bits per heavy atom. The van der Waals surface area contributed by atoms with E-state index in [2.05, 4.69) is 94.4 Å². The molecular weight excluding hydrogens is 829 g/mol. The number of ketones is 1. The molecule has 1 radical (unpaired) electrons. The second-order valence-corrected chi connectivity index (χ2v) is 16.4. The van der Waals surface area contributed by atoms with E-state index >= 15 is 0 Å². The molecule has 2 aromatic heterocycles. The number of aliphatic hydroxyl groups is 1. The van der Waals surface area contributed by atoms with Crippen LogP contribution in [-0.4, -0.2) is 20.9 Å². The maximum atomic E-state index is 12.2. The van der Waals surface area contributed by atoms with Crippen molar-refractivity contribution in [2.24, 2.45) is 16.7 Å². The molecule has 1 aliphatic carbocycles. The summed E-state index contributed by atoms with van der Waals surface area (Å²) in [4.78, 5) is 22.2. The Morgan fingerprint density at radius 2 is 1.51 bits per heavy atom. The summed E-state index contributed by atoms with van der Waals surface area (Å²) in [5.74, 6) is 0.916. The third-order valence-corrected chi connectivity index (χ3v) is 12.3. The van der Waals surface area contributed by atoms with E-state index < -0.39 is 0 Å². The van der Waals surface area contributed by atoms with Crippen molar-refractivity contribution < 1.29 is 30.0 Å². The van der Waals surface area contributed by atoms with Crippen molar-refractivity contribution in [2.75, 3.05) is 0 Å². The van der Waals surface area contributed by atoms with E-state index in [1.807, 2.05) is 53.8 Å². The van der Waals surface area contributed by atoms with Gasteiger partial charge in [0.1, 0.15) is 5.76 Å². The molecule has 7 rings (SSSR count). The number of nitrogens with zero attached hydrogens (tertiary/aromatic N) is 2. The number of hydrogen-bond acceptors (Lipinski definition) is 4. The van der Waals surface area contributed by atoms with Gasteiger partial charge in [-0.15, -0.1) is 12.1 Å². The number of carbonyl (C=O) groups excluding carboxylic acids is 1. The maximum absolute atomic E-state index is 12.2. The van der Waals surface area contributed by atoms with Crippen LogP contribution in [0.1, 0.15) is 112 Å². The molecule has 0 unspecified atom stereocenters. The molecule has 53 heavy (non-hydrogen) atoms. The van der Waals surface area contributed by atoms with Crippen LogP contribution in [0.2, 0.25) is 0 Å². The predicted octanol–water partition coefficient (Wildman–Crippen LogP) is 13.0. The number of hydrogen-bond donors (Lipinski definition) is 1. The van der Waals surface area contributed by atoms with Gasteiger partial charge in [-0.25, -0.2) is 0 Å². The van der Waals surface area contributed by atoms with Crippen molar-refractivity contribution in [1.29, 1.82) is 0 Å².